The number of aromatic nitrogens is 2. The van der Waals surface area contributed by atoms with E-state index in [2.05, 4.69) is 112 Å². The predicted molar refractivity (Wildman–Crippen MR) is 143 cm³/mol. The molecule has 2 heterocycles. The molecule has 0 amide bonds. The molecule has 1 aliphatic carbocycles. The van der Waals surface area contributed by atoms with E-state index in [1.54, 1.807) is 11.1 Å². The number of H-pyrrole nitrogens is 2. The maximum atomic E-state index is 3.54. The Morgan fingerprint density at radius 3 is 1.68 bits per heavy atom. The fourth-order valence-electron chi connectivity index (χ4n) is 4.94. The number of aromatic amines is 2. The van der Waals surface area contributed by atoms with Gasteiger partial charge in [-0.1, -0.05) is 81.9 Å². The van der Waals surface area contributed by atoms with Crippen LogP contribution in [0, 0.1) is 5.41 Å². The van der Waals surface area contributed by atoms with Crippen molar-refractivity contribution in [3.63, 3.8) is 0 Å². The minimum Gasteiger partial charge on any atom is -0.364 e. The fraction of sp³-hybridized carbons (Fsp3) is 0.556. The lowest BCUT2D eigenvalue weighted by Gasteiger charge is -2.42. The summed E-state index contributed by atoms with van der Waals surface area (Å²) in [6.45, 7) is 21.6. The first-order valence-corrected chi connectivity index (χ1v) is 13.5. The van der Waals surface area contributed by atoms with E-state index in [0.717, 1.165) is 12.6 Å². The maximum Gasteiger partial charge on any atom is 0.0858 e. The lowest BCUT2D eigenvalue weighted by molar-refractivity contribution is 0.491. The predicted octanol–water partition coefficient (Wildman–Crippen LogP) is 8.21. The van der Waals surface area contributed by atoms with Gasteiger partial charge in [0.2, 0.25) is 0 Å². The monoisotopic (exact) mass is 456 g/mol. The lowest BCUT2D eigenvalue weighted by Crippen LogP contribution is -2.29. The van der Waals surface area contributed by atoms with Gasteiger partial charge >= 0.3 is 0 Å². The van der Waals surface area contributed by atoms with Gasteiger partial charge in [0.1, 0.15) is 0 Å². The minimum atomic E-state index is -0.275. The van der Waals surface area contributed by atoms with E-state index in [1.165, 1.54) is 17.0 Å². The number of allylic oxidation sites excluding steroid dienone is 4. The molecule has 0 aliphatic heterocycles. The highest BCUT2D eigenvalue weighted by Gasteiger charge is 2.42. The Hall–Kier alpha value is -1.10. The third kappa shape index (κ3) is 4.96. The molecule has 2 nitrogen and oxygen atoms in total. The largest absolute Gasteiger partial charge is 0.364 e. The van der Waals surface area contributed by atoms with Crippen LogP contribution in [0.15, 0.2) is 59.5 Å². The Morgan fingerprint density at radius 1 is 0.839 bits per heavy atom. The maximum absolute atomic E-state index is 3.54. The third-order valence-corrected chi connectivity index (χ3v) is 11.4. The molecule has 0 saturated heterocycles. The van der Waals surface area contributed by atoms with Crippen LogP contribution >= 0.6 is 17.2 Å². The molecule has 2 aromatic heterocycles. The van der Waals surface area contributed by atoms with E-state index in [4.69, 9.17) is 0 Å². The topological polar surface area (TPSA) is 31.6 Å². The smallest absolute Gasteiger partial charge is 0.0858 e. The van der Waals surface area contributed by atoms with Gasteiger partial charge in [0.25, 0.3) is 0 Å². The molecule has 0 radical (unpaired) electrons. The standard InChI is InChI=1S/C27H42N2P2/c1-24(2,3)20-16-19(18-31(25(4,5)6)26(7,8)9)21(17-20)27(30,22-12-10-14-28-22)23-13-11-15-29-23/h10-16,28-29H,17-18,30H2,1-9H3. The number of hydrogen-bond donors (Lipinski definition) is 2. The molecule has 1 aliphatic rings. The summed E-state index contributed by atoms with van der Waals surface area (Å²) in [5, 5.41) is 0.321. The van der Waals surface area contributed by atoms with E-state index in [0.29, 0.717) is 10.3 Å². The first-order chi connectivity index (χ1) is 14.1. The first-order valence-electron chi connectivity index (χ1n) is 11.4. The summed E-state index contributed by atoms with van der Waals surface area (Å²) in [5.74, 6) is 0. The van der Waals surface area contributed by atoms with Crippen LogP contribution in [0.5, 0.6) is 0 Å². The van der Waals surface area contributed by atoms with Crippen LogP contribution in [0.4, 0.5) is 0 Å². The van der Waals surface area contributed by atoms with Crippen molar-refractivity contribution in [1.82, 2.24) is 9.97 Å². The van der Waals surface area contributed by atoms with Crippen molar-refractivity contribution in [1.29, 1.82) is 0 Å². The summed E-state index contributed by atoms with van der Waals surface area (Å²) in [4.78, 5) is 7.08. The van der Waals surface area contributed by atoms with Gasteiger partial charge in [0.15, 0.2) is 0 Å². The van der Waals surface area contributed by atoms with Gasteiger partial charge in [-0.05, 0) is 63.7 Å². The van der Waals surface area contributed by atoms with Crippen molar-refractivity contribution in [2.24, 2.45) is 5.41 Å². The molecule has 2 aromatic rings. The van der Waals surface area contributed by atoms with E-state index in [-0.39, 0.29) is 18.5 Å². The van der Waals surface area contributed by atoms with Crippen LogP contribution in [0.1, 0.15) is 80.1 Å². The molecular formula is C27H42N2P2. The number of nitrogens with one attached hydrogen (secondary N) is 2. The summed E-state index contributed by atoms with van der Waals surface area (Å²) in [7, 11) is 3.00. The molecule has 0 saturated carbocycles. The Kier molecular flexibility index (Phi) is 6.61. The van der Waals surface area contributed by atoms with Gasteiger partial charge in [0, 0.05) is 23.8 Å². The van der Waals surface area contributed by atoms with Gasteiger partial charge < -0.3 is 9.97 Å². The van der Waals surface area contributed by atoms with Crippen LogP contribution in [0.3, 0.4) is 0 Å². The normalized spacial score (nSPS) is 16.4. The Bertz CT molecular complexity index is 892. The van der Waals surface area contributed by atoms with Gasteiger partial charge in [-0.25, -0.2) is 0 Å². The molecule has 3 rings (SSSR count). The second kappa shape index (κ2) is 8.35. The van der Waals surface area contributed by atoms with Crippen molar-refractivity contribution in [3.8, 4) is 0 Å². The molecule has 4 heteroatoms. The van der Waals surface area contributed by atoms with E-state index in [1.807, 2.05) is 12.4 Å². The molecule has 0 spiro atoms. The van der Waals surface area contributed by atoms with Crippen LogP contribution in [-0.2, 0) is 5.16 Å². The summed E-state index contributed by atoms with van der Waals surface area (Å²) in [6, 6.07) is 8.68. The van der Waals surface area contributed by atoms with Crippen LogP contribution in [0.25, 0.3) is 0 Å². The van der Waals surface area contributed by atoms with Crippen molar-refractivity contribution in [2.45, 2.75) is 84.2 Å². The quantitative estimate of drug-likeness (QED) is 0.425. The lowest BCUT2D eigenvalue weighted by atomic mass is 9.81. The van der Waals surface area contributed by atoms with Crippen LogP contribution in [0.2, 0.25) is 0 Å². The number of hydrogen-bond acceptors (Lipinski definition) is 0. The second-order valence-corrected chi connectivity index (χ2v) is 16.7. The van der Waals surface area contributed by atoms with E-state index < -0.39 is 0 Å². The van der Waals surface area contributed by atoms with Crippen molar-refractivity contribution >= 4 is 17.2 Å². The minimum absolute atomic E-state index is 0.163. The fourth-order valence-corrected chi connectivity index (χ4v) is 9.17. The average molecular weight is 457 g/mol. The van der Waals surface area contributed by atoms with Crippen molar-refractivity contribution < 1.29 is 0 Å². The van der Waals surface area contributed by atoms with Crippen LogP contribution in [-0.4, -0.2) is 26.4 Å². The molecule has 0 fully saturated rings. The zero-order chi connectivity index (χ0) is 23.2. The molecular weight excluding hydrogens is 414 g/mol. The first kappa shape index (κ1) is 24.5. The molecule has 170 valence electrons. The molecule has 2 N–H and O–H groups in total. The zero-order valence-electron chi connectivity index (χ0n) is 21.0. The Balaban J connectivity index is 2.20. The summed E-state index contributed by atoms with van der Waals surface area (Å²) < 4.78 is 0. The average Bonchev–Trinajstić information content (AvgIpc) is 3.38. The molecule has 1 unspecified atom stereocenters. The van der Waals surface area contributed by atoms with E-state index >= 15 is 0 Å². The SMILES string of the molecule is CC(C)(C)C1=CC(CP(C(C)(C)C)C(C)(C)C)=C(C(P)(c2ccc[nH]2)c2ccc[nH]2)C1. The zero-order valence-corrected chi connectivity index (χ0v) is 23.0. The summed E-state index contributed by atoms with van der Waals surface area (Å²) >= 11 is 0. The second-order valence-electron chi connectivity index (χ2n) is 12.0. The van der Waals surface area contributed by atoms with Crippen molar-refractivity contribution in [3.05, 3.63) is 70.8 Å². The Labute approximate surface area is 193 Å². The van der Waals surface area contributed by atoms with E-state index in [9.17, 15) is 0 Å². The summed E-state index contributed by atoms with van der Waals surface area (Å²) in [6.07, 6.45) is 8.82. The van der Waals surface area contributed by atoms with Gasteiger partial charge in [-0.15, -0.1) is 9.24 Å². The third-order valence-electron chi connectivity index (χ3n) is 6.54. The molecule has 0 bridgehead atoms. The van der Waals surface area contributed by atoms with Crippen molar-refractivity contribution in [2.75, 3.05) is 6.16 Å². The highest BCUT2D eigenvalue weighted by atomic mass is 31.1. The van der Waals surface area contributed by atoms with Gasteiger partial charge in [0.05, 0.1) is 5.16 Å². The van der Waals surface area contributed by atoms with Gasteiger partial charge in [-0.3, -0.25) is 0 Å². The highest BCUT2D eigenvalue weighted by molar-refractivity contribution is 7.61. The molecule has 31 heavy (non-hydrogen) atoms. The summed E-state index contributed by atoms with van der Waals surface area (Å²) in [5.41, 5.74) is 7.23. The molecule has 0 aromatic carbocycles. The van der Waals surface area contributed by atoms with Gasteiger partial charge in [-0.2, -0.15) is 0 Å². The van der Waals surface area contributed by atoms with Crippen LogP contribution < -0.4 is 0 Å². The Morgan fingerprint density at radius 2 is 1.32 bits per heavy atom. The number of rotatable bonds is 5. The molecule has 1 atom stereocenters. The highest BCUT2D eigenvalue weighted by Crippen LogP contribution is 2.62.